The van der Waals surface area contributed by atoms with E-state index >= 15 is 0 Å². The van der Waals surface area contributed by atoms with Crippen molar-refractivity contribution in [3.8, 4) is 33.4 Å². The van der Waals surface area contributed by atoms with Crippen LogP contribution in [0.15, 0.2) is 199 Å². The molecule has 272 valence electrons. The van der Waals surface area contributed by atoms with Gasteiger partial charge in [-0.2, -0.15) is 0 Å². The topological polar surface area (TPSA) is 38.4 Å². The smallest absolute Gasteiger partial charge is 0.0671 e. The Morgan fingerprint density at radius 3 is 1.95 bits per heavy atom. The van der Waals surface area contributed by atoms with Crippen molar-refractivity contribution in [1.82, 2.24) is 0 Å². The molecule has 9 aromatic rings. The monoisotopic (exact) mass is 730 g/mol. The third-order valence-electron chi connectivity index (χ3n) is 11.9. The number of benzene rings is 9. The molecular formula is C55H42N2. The summed E-state index contributed by atoms with van der Waals surface area (Å²) in [6.45, 7) is 5.27. The van der Waals surface area contributed by atoms with Crippen LogP contribution in [0.3, 0.4) is 0 Å². The summed E-state index contributed by atoms with van der Waals surface area (Å²) in [7, 11) is 0. The minimum absolute atomic E-state index is 0.0458. The lowest BCUT2D eigenvalue weighted by Crippen LogP contribution is -2.14. The first kappa shape index (κ1) is 34.5. The predicted molar refractivity (Wildman–Crippen MR) is 243 cm³/mol. The molecule has 1 aliphatic carbocycles. The molecule has 2 heteroatoms. The van der Waals surface area contributed by atoms with Crippen molar-refractivity contribution in [3.63, 3.8) is 0 Å². The fourth-order valence-electron chi connectivity index (χ4n) is 8.90. The summed E-state index contributed by atoms with van der Waals surface area (Å²) in [6.07, 6.45) is 2.04. The molecule has 0 heterocycles. The fraction of sp³-hybridized carbons (Fsp3) is 0.0727. The molecule has 57 heavy (non-hydrogen) atoms. The highest BCUT2D eigenvalue weighted by Crippen LogP contribution is 2.52. The third-order valence-corrected chi connectivity index (χ3v) is 11.9. The summed E-state index contributed by atoms with van der Waals surface area (Å²) in [5.74, 6) is 0. The molecule has 0 unspecified atom stereocenters. The van der Waals surface area contributed by atoms with E-state index in [4.69, 9.17) is 10.7 Å². The van der Waals surface area contributed by atoms with Crippen molar-refractivity contribution in [2.24, 2.45) is 10.7 Å². The Bertz CT molecular complexity index is 3060. The third kappa shape index (κ3) is 6.11. The number of allylic oxidation sites excluding steroid dienone is 1. The standard InChI is InChI=1S/C55H42N2/c1-55(2)50-30-27-42(33-49(50)54-45-17-9-8-15-39(45)26-31-51(54)55)38-20-23-40(24-21-38)44-28-29-48(47-19-11-10-18-46(44)47)52(56)34-53(57-35-36-12-4-3-5-13-36)43-25-22-37-14-6-7-16-41(37)32-43/h3-34H,35,56H2,1-2H3/b52-34-,57-53?. The van der Waals surface area contributed by atoms with Crippen LogP contribution in [0.2, 0.25) is 0 Å². The molecule has 0 radical (unpaired) electrons. The maximum absolute atomic E-state index is 7.05. The second-order valence-electron chi connectivity index (χ2n) is 15.7. The number of aliphatic imine (C=N–C) groups is 1. The summed E-state index contributed by atoms with van der Waals surface area (Å²) in [6, 6.07) is 67.7. The van der Waals surface area contributed by atoms with Gasteiger partial charge in [-0.15, -0.1) is 0 Å². The van der Waals surface area contributed by atoms with Gasteiger partial charge < -0.3 is 5.73 Å². The van der Waals surface area contributed by atoms with Crippen molar-refractivity contribution in [3.05, 3.63) is 222 Å². The highest BCUT2D eigenvalue weighted by atomic mass is 14.7. The van der Waals surface area contributed by atoms with Crippen LogP contribution < -0.4 is 5.73 Å². The molecule has 0 aliphatic heterocycles. The molecular weight excluding hydrogens is 689 g/mol. The van der Waals surface area contributed by atoms with Crippen LogP contribution >= 0.6 is 0 Å². The number of hydrogen-bond acceptors (Lipinski definition) is 2. The molecule has 2 nitrogen and oxygen atoms in total. The van der Waals surface area contributed by atoms with Crippen molar-refractivity contribution in [2.45, 2.75) is 25.8 Å². The van der Waals surface area contributed by atoms with Gasteiger partial charge in [-0.3, -0.25) is 4.99 Å². The van der Waals surface area contributed by atoms with Gasteiger partial charge in [0, 0.05) is 22.2 Å². The van der Waals surface area contributed by atoms with E-state index in [0.717, 1.165) is 33.2 Å². The molecule has 0 aromatic heterocycles. The van der Waals surface area contributed by atoms with E-state index in [1.54, 1.807) is 0 Å². The lowest BCUT2D eigenvalue weighted by molar-refractivity contribution is 0.661. The van der Waals surface area contributed by atoms with Gasteiger partial charge in [0.2, 0.25) is 0 Å². The van der Waals surface area contributed by atoms with Crippen LogP contribution in [0, 0.1) is 0 Å². The zero-order valence-electron chi connectivity index (χ0n) is 32.2. The second kappa shape index (κ2) is 13.9. The van der Waals surface area contributed by atoms with Crippen molar-refractivity contribution < 1.29 is 0 Å². The minimum atomic E-state index is -0.0458. The lowest BCUT2D eigenvalue weighted by atomic mass is 9.82. The maximum Gasteiger partial charge on any atom is 0.0671 e. The average Bonchev–Trinajstić information content (AvgIpc) is 3.50. The first-order valence-electron chi connectivity index (χ1n) is 19.8. The van der Waals surface area contributed by atoms with Gasteiger partial charge in [0.25, 0.3) is 0 Å². The van der Waals surface area contributed by atoms with Crippen molar-refractivity contribution >= 4 is 43.7 Å². The van der Waals surface area contributed by atoms with Crippen LogP contribution in [0.1, 0.15) is 41.7 Å². The minimum Gasteiger partial charge on any atom is -0.398 e. The summed E-state index contributed by atoms with van der Waals surface area (Å²) in [5.41, 5.74) is 22.0. The SMILES string of the molecule is CC1(C)c2ccc(-c3ccc(-c4ccc(/C(N)=C/C(=NCc5ccccc5)c5ccc6ccccc6c5)c5ccccc45)cc3)cc2-c2c1ccc1ccccc21. The van der Waals surface area contributed by atoms with E-state index in [0.29, 0.717) is 12.2 Å². The van der Waals surface area contributed by atoms with Crippen LogP contribution in [-0.4, -0.2) is 5.71 Å². The predicted octanol–water partition coefficient (Wildman–Crippen LogP) is 13.8. The lowest BCUT2D eigenvalue weighted by Gasteiger charge is -2.21. The normalized spacial score (nSPS) is 13.6. The molecule has 0 saturated carbocycles. The Kier molecular flexibility index (Phi) is 8.42. The highest BCUT2D eigenvalue weighted by Gasteiger charge is 2.36. The molecule has 0 amide bonds. The fourth-order valence-corrected chi connectivity index (χ4v) is 8.90. The molecule has 0 atom stereocenters. The summed E-state index contributed by atoms with van der Waals surface area (Å²) in [5, 5.41) is 7.26. The van der Waals surface area contributed by atoms with Gasteiger partial charge in [-0.25, -0.2) is 0 Å². The Morgan fingerprint density at radius 2 is 1.14 bits per heavy atom. The van der Waals surface area contributed by atoms with Crippen molar-refractivity contribution in [1.29, 1.82) is 0 Å². The number of hydrogen-bond donors (Lipinski definition) is 1. The molecule has 2 N–H and O–H groups in total. The van der Waals surface area contributed by atoms with Crippen LogP contribution in [0.4, 0.5) is 0 Å². The van der Waals surface area contributed by atoms with E-state index < -0.39 is 0 Å². The first-order chi connectivity index (χ1) is 27.9. The second-order valence-corrected chi connectivity index (χ2v) is 15.7. The van der Waals surface area contributed by atoms with Gasteiger partial charge in [-0.1, -0.05) is 190 Å². The summed E-state index contributed by atoms with van der Waals surface area (Å²) in [4.78, 5) is 5.13. The van der Waals surface area contributed by atoms with Gasteiger partial charge in [0.15, 0.2) is 0 Å². The molecule has 0 saturated heterocycles. The van der Waals surface area contributed by atoms with Gasteiger partial charge in [-0.05, 0) is 101 Å². The van der Waals surface area contributed by atoms with E-state index in [-0.39, 0.29) is 5.41 Å². The van der Waals surface area contributed by atoms with E-state index in [1.165, 1.54) is 66.1 Å². The van der Waals surface area contributed by atoms with Crippen LogP contribution in [0.25, 0.3) is 71.4 Å². The van der Waals surface area contributed by atoms with Gasteiger partial charge in [0.05, 0.1) is 12.3 Å². The number of nitrogens with zero attached hydrogens (tertiary/aromatic N) is 1. The average molecular weight is 731 g/mol. The number of fused-ring (bicyclic) bond motifs is 7. The largest absolute Gasteiger partial charge is 0.398 e. The Morgan fingerprint density at radius 1 is 0.509 bits per heavy atom. The zero-order chi connectivity index (χ0) is 38.5. The van der Waals surface area contributed by atoms with Gasteiger partial charge in [0.1, 0.15) is 0 Å². The number of nitrogens with two attached hydrogens (primary N) is 1. The Labute approximate surface area is 334 Å². The molecule has 0 fully saturated rings. The number of rotatable bonds is 7. The molecule has 0 bridgehead atoms. The first-order valence-corrected chi connectivity index (χ1v) is 19.8. The summed E-state index contributed by atoms with van der Waals surface area (Å²) < 4.78 is 0. The zero-order valence-corrected chi connectivity index (χ0v) is 32.2. The highest BCUT2D eigenvalue weighted by molar-refractivity contribution is 6.15. The quantitative estimate of drug-likeness (QED) is 0.163. The van der Waals surface area contributed by atoms with E-state index in [2.05, 4.69) is 196 Å². The molecule has 9 aromatic carbocycles. The van der Waals surface area contributed by atoms with E-state index in [1.807, 2.05) is 12.1 Å². The summed E-state index contributed by atoms with van der Waals surface area (Å²) >= 11 is 0. The van der Waals surface area contributed by atoms with E-state index in [9.17, 15) is 0 Å². The van der Waals surface area contributed by atoms with Crippen LogP contribution in [-0.2, 0) is 12.0 Å². The Hall–Kier alpha value is -7.03. The molecule has 0 spiro atoms. The molecule has 1 aliphatic rings. The van der Waals surface area contributed by atoms with Crippen LogP contribution in [0.5, 0.6) is 0 Å². The molecule has 10 rings (SSSR count). The Balaban J connectivity index is 1.00. The van der Waals surface area contributed by atoms with Crippen molar-refractivity contribution in [2.75, 3.05) is 0 Å². The van der Waals surface area contributed by atoms with Gasteiger partial charge >= 0.3 is 0 Å². The maximum atomic E-state index is 7.05.